The van der Waals surface area contributed by atoms with Crippen LogP contribution in [-0.4, -0.2) is 25.3 Å². The van der Waals surface area contributed by atoms with Gasteiger partial charge in [0.25, 0.3) is 0 Å². The van der Waals surface area contributed by atoms with Crippen molar-refractivity contribution in [2.75, 3.05) is 14.2 Å². The van der Waals surface area contributed by atoms with Gasteiger partial charge in [-0.05, 0) is 41.8 Å². The lowest BCUT2D eigenvalue weighted by atomic mass is 9.80. The van der Waals surface area contributed by atoms with Crippen molar-refractivity contribution in [3.8, 4) is 11.5 Å². The molecule has 0 saturated heterocycles. The van der Waals surface area contributed by atoms with E-state index in [0.29, 0.717) is 5.75 Å². The van der Waals surface area contributed by atoms with Gasteiger partial charge < -0.3 is 14.6 Å². The van der Waals surface area contributed by atoms with Crippen LogP contribution in [0.1, 0.15) is 36.3 Å². The van der Waals surface area contributed by atoms with Crippen LogP contribution in [0.25, 0.3) is 0 Å². The molecule has 2 rings (SSSR count). The van der Waals surface area contributed by atoms with E-state index in [1.54, 1.807) is 26.4 Å². The molecule has 122 valence electrons. The van der Waals surface area contributed by atoms with Gasteiger partial charge in [-0.1, -0.05) is 31.2 Å². The van der Waals surface area contributed by atoms with E-state index in [1.807, 2.05) is 43.3 Å². The van der Waals surface area contributed by atoms with Crippen molar-refractivity contribution in [1.29, 1.82) is 0 Å². The third-order valence-corrected chi connectivity index (χ3v) is 4.11. The average Bonchev–Trinajstić information content (AvgIpc) is 2.59. The summed E-state index contributed by atoms with van der Waals surface area (Å²) in [6.45, 7) is 2.00. The third kappa shape index (κ3) is 3.83. The number of ether oxygens (including phenoxy) is 2. The summed E-state index contributed by atoms with van der Waals surface area (Å²) in [5.74, 6) is -0.119. The van der Waals surface area contributed by atoms with Gasteiger partial charge in [0.2, 0.25) is 0 Å². The van der Waals surface area contributed by atoms with Crippen LogP contribution in [-0.2, 0) is 4.79 Å². The summed E-state index contributed by atoms with van der Waals surface area (Å²) in [6.07, 6.45) is 0.718. The fraction of sp³-hybridized carbons (Fsp3) is 0.316. The quantitative estimate of drug-likeness (QED) is 0.837. The summed E-state index contributed by atoms with van der Waals surface area (Å²) >= 11 is 0. The first-order valence-corrected chi connectivity index (χ1v) is 7.61. The minimum atomic E-state index is -0.829. The van der Waals surface area contributed by atoms with Gasteiger partial charge in [0.15, 0.2) is 0 Å². The number of benzene rings is 2. The van der Waals surface area contributed by atoms with Gasteiger partial charge in [0, 0.05) is 5.92 Å². The van der Waals surface area contributed by atoms with Crippen LogP contribution in [0.4, 0.5) is 0 Å². The molecule has 2 unspecified atom stereocenters. The van der Waals surface area contributed by atoms with E-state index < -0.39 is 11.9 Å². The molecule has 0 radical (unpaired) electrons. The van der Waals surface area contributed by atoms with Crippen LogP contribution >= 0.6 is 0 Å². The van der Waals surface area contributed by atoms with E-state index in [4.69, 9.17) is 9.47 Å². The van der Waals surface area contributed by atoms with Crippen molar-refractivity contribution in [2.24, 2.45) is 0 Å². The van der Waals surface area contributed by atoms with E-state index in [1.165, 1.54) is 0 Å². The fourth-order valence-corrected chi connectivity index (χ4v) is 2.89. The number of methoxy groups -OCH3 is 2. The highest BCUT2D eigenvalue weighted by Crippen LogP contribution is 2.37. The number of rotatable bonds is 7. The number of hydrogen-bond acceptors (Lipinski definition) is 3. The van der Waals surface area contributed by atoms with Crippen molar-refractivity contribution in [3.05, 3.63) is 59.7 Å². The van der Waals surface area contributed by atoms with Crippen molar-refractivity contribution in [3.63, 3.8) is 0 Å². The normalized spacial score (nSPS) is 13.2. The Morgan fingerprint density at radius 3 is 2.17 bits per heavy atom. The topological polar surface area (TPSA) is 55.8 Å². The molecule has 0 aromatic heterocycles. The third-order valence-electron chi connectivity index (χ3n) is 4.11. The molecule has 0 heterocycles. The molecule has 0 spiro atoms. The fourth-order valence-electron chi connectivity index (χ4n) is 2.89. The molecule has 0 fully saturated rings. The average molecular weight is 314 g/mol. The van der Waals surface area contributed by atoms with Gasteiger partial charge in [-0.2, -0.15) is 0 Å². The van der Waals surface area contributed by atoms with Gasteiger partial charge in [0.05, 0.1) is 20.1 Å². The molecular formula is C19H22O4. The second-order valence-corrected chi connectivity index (χ2v) is 5.38. The Labute approximate surface area is 136 Å². The number of carboxylic acids is 1. The minimum absolute atomic E-state index is 0.129. The Bertz CT molecular complexity index is 649. The molecular weight excluding hydrogens is 292 g/mol. The molecule has 23 heavy (non-hydrogen) atoms. The number of carboxylic acid groups (broad SMARTS) is 1. The zero-order valence-corrected chi connectivity index (χ0v) is 13.7. The van der Waals surface area contributed by atoms with Gasteiger partial charge in [-0.25, -0.2) is 0 Å². The van der Waals surface area contributed by atoms with Gasteiger partial charge >= 0.3 is 5.97 Å². The Morgan fingerprint density at radius 1 is 1.00 bits per heavy atom. The van der Waals surface area contributed by atoms with E-state index in [0.717, 1.165) is 23.3 Å². The molecule has 0 aliphatic heterocycles. The molecule has 0 saturated carbocycles. The van der Waals surface area contributed by atoms with Crippen LogP contribution in [0, 0.1) is 0 Å². The van der Waals surface area contributed by atoms with E-state index in [9.17, 15) is 9.90 Å². The Morgan fingerprint density at radius 2 is 1.65 bits per heavy atom. The maximum absolute atomic E-state index is 11.9. The van der Waals surface area contributed by atoms with E-state index in [2.05, 4.69) is 0 Å². The summed E-state index contributed by atoms with van der Waals surface area (Å²) in [5, 5.41) is 9.78. The number of aliphatic carboxylic acids is 1. The van der Waals surface area contributed by atoms with Crippen molar-refractivity contribution < 1.29 is 19.4 Å². The second-order valence-electron chi connectivity index (χ2n) is 5.38. The van der Waals surface area contributed by atoms with Crippen molar-refractivity contribution >= 4 is 5.97 Å². The van der Waals surface area contributed by atoms with Crippen LogP contribution in [0.15, 0.2) is 48.5 Å². The first kappa shape index (κ1) is 16.9. The molecule has 0 bridgehead atoms. The predicted molar refractivity (Wildman–Crippen MR) is 89.4 cm³/mol. The zero-order chi connectivity index (χ0) is 16.8. The Hall–Kier alpha value is -2.49. The first-order valence-electron chi connectivity index (χ1n) is 7.61. The molecule has 2 atom stereocenters. The summed E-state index contributed by atoms with van der Waals surface area (Å²) in [4.78, 5) is 11.9. The van der Waals surface area contributed by atoms with Crippen LogP contribution in [0.5, 0.6) is 11.5 Å². The lowest BCUT2D eigenvalue weighted by Gasteiger charge is -2.24. The summed E-state index contributed by atoms with van der Waals surface area (Å²) in [5.41, 5.74) is 1.74. The standard InChI is InChI=1S/C19H22O4/c1-4-17(14-6-5-7-16(12-14)23-3)18(19(20)21)13-8-10-15(22-2)11-9-13/h5-12,17-18H,4H2,1-3H3,(H,20,21). The lowest BCUT2D eigenvalue weighted by Crippen LogP contribution is -2.20. The lowest BCUT2D eigenvalue weighted by molar-refractivity contribution is -0.139. The molecule has 0 amide bonds. The zero-order valence-electron chi connectivity index (χ0n) is 13.7. The smallest absolute Gasteiger partial charge is 0.311 e. The van der Waals surface area contributed by atoms with Crippen LogP contribution < -0.4 is 9.47 Å². The largest absolute Gasteiger partial charge is 0.497 e. The SMILES string of the molecule is CCC(c1cccc(OC)c1)C(C(=O)O)c1ccc(OC)cc1. The van der Waals surface area contributed by atoms with Crippen LogP contribution in [0.2, 0.25) is 0 Å². The summed E-state index contributed by atoms with van der Waals surface area (Å²) in [6, 6.07) is 14.8. The maximum atomic E-state index is 11.9. The molecule has 4 heteroatoms. The predicted octanol–water partition coefficient (Wildman–Crippen LogP) is 4.07. The van der Waals surface area contributed by atoms with Gasteiger partial charge in [-0.3, -0.25) is 4.79 Å². The number of carbonyl (C=O) groups is 1. The number of hydrogen-bond donors (Lipinski definition) is 1. The van der Waals surface area contributed by atoms with Crippen molar-refractivity contribution in [1.82, 2.24) is 0 Å². The van der Waals surface area contributed by atoms with Gasteiger partial charge in [-0.15, -0.1) is 0 Å². The molecule has 4 nitrogen and oxygen atoms in total. The van der Waals surface area contributed by atoms with Crippen LogP contribution in [0.3, 0.4) is 0 Å². The molecule has 2 aromatic carbocycles. The Balaban J connectivity index is 2.41. The molecule has 0 aliphatic rings. The first-order chi connectivity index (χ1) is 11.1. The highest BCUT2D eigenvalue weighted by Gasteiger charge is 2.30. The monoisotopic (exact) mass is 314 g/mol. The minimum Gasteiger partial charge on any atom is -0.497 e. The summed E-state index contributed by atoms with van der Waals surface area (Å²) < 4.78 is 10.4. The summed E-state index contributed by atoms with van der Waals surface area (Å²) in [7, 11) is 3.20. The van der Waals surface area contributed by atoms with Gasteiger partial charge in [0.1, 0.15) is 11.5 Å². The maximum Gasteiger partial charge on any atom is 0.311 e. The molecule has 1 N–H and O–H groups in total. The Kier molecular flexibility index (Phi) is 5.63. The molecule has 2 aromatic rings. The highest BCUT2D eigenvalue weighted by atomic mass is 16.5. The highest BCUT2D eigenvalue weighted by molar-refractivity contribution is 5.77. The van der Waals surface area contributed by atoms with E-state index in [-0.39, 0.29) is 5.92 Å². The second kappa shape index (κ2) is 7.68. The molecule has 0 aliphatic carbocycles. The van der Waals surface area contributed by atoms with E-state index >= 15 is 0 Å². The van der Waals surface area contributed by atoms with Crippen molar-refractivity contribution in [2.45, 2.75) is 25.2 Å².